The summed E-state index contributed by atoms with van der Waals surface area (Å²) in [5.41, 5.74) is 9.48. The van der Waals surface area contributed by atoms with Crippen molar-refractivity contribution in [1.29, 1.82) is 0 Å². The lowest BCUT2D eigenvalue weighted by Crippen LogP contribution is -2.22. The van der Waals surface area contributed by atoms with Crippen molar-refractivity contribution in [2.75, 3.05) is 7.11 Å². The number of methoxy groups -OCH3 is 1. The van der Waals surface area contributed by atoms with Gasteiger partial charge in [-0.05, 0) is 158 Å². The monoisotopic (exact) mass is 759 g/mol. The van der Waals surface area contributed by atoms with E-state index in [0.717, 1.165) is 138 Å². The molecule has 3 heteroatoms. The molecule has 0 heterocycles. The van der Waals surface area contributed by atoms with Gasteiger partial charge in [0.2, 0.25) is 5.78 Å². The van der Waals surface area contributed by atoms with Gasteiger partial charge in [-0.15, -0.1) is 0 Å². The van der Waals surface area contributed by atoms with Crippen molar-refractivity contribution in [2.24, 2.45) is 0 Å². The summed E-state index contributed by atoms with van der Waals surface area (Å²) in [7, 11) is 1.78. The quantitative estimate of drug-likeness (QED) is 0.0534. The number of hydrogen-bond acceptors (Lipinski definition) is 3. The Bertz CT molecular complexity index is 1400. The molecule has 0 aliphatic carbocycles. The average Bonchev–Trinajstić information content (AvgIpc) is 3.20. The topological polar surface area (TPSA) is 46.5 Å². The Morgan fingerprint density at radius 2 is 0.891 bits per heavy atom. The molecule has 0 saturated heterocycles. The highest BCUT2D eigenvalue weighted by atomic mass is 16.5. The average molecular weight is 759 g/mol. The maximum Gasteiger partial charge on any atom is 0.227 e. The number of allylic oxidation sites excluding steroid dienone is 1. The van der Waals surface area contributed by atoms with Crippen molar-refractivity contribution < 1.29 is 14.6 Å². The smallest absolute Gasteiger partial charge is 0.227 e. The molecular formula is C52H86O3. The first-order valence-corrected chi connectivity index (χ1v) is 23.5. The van der Waals surface area contributed by atoms with E-state index in [0.29, 0.717) is 17.8 Å². The first-order valence-electron chi connectivity index (χ1n) is 23.5. The normalized spacial score (nSPS) is 15.4. The van der Waals surface area contributed by atoms with E-state index in [2.05, 4.69) is 101 Å². The van der Waals surface area contributed by atoms with Gasteiger partial charge in [0.25, 0.3) is 0 Å². The second kappa shape index (κ2) is 25.7. The third-order valence-corrected chi connectivity index (χ3v) is 13.0. The first-order chi connectivity index (χ1) is 26.6. The molecule has 0 aliphatic rings. The van der Waals surface area contributed by atoms with Crippen LogP contribution in [0.4, 0.5) is 0 Å². The van der Waals surface area contributed by atoms with E-state index in [4.69, 9.17) is 4.74 Å². The van der Waals surface area contributed by atoms with Gasteiger partial charge in [0.15, 0.2) is 5.76 Å². The second-order valence-electron chi connectivity index (χ2n) is 16.7. The summed E-state index contributed by atoms with van der Waals surface area (Å²) in [4.78, 5) is 15.7. The SMILES string of the molecule is CCCC(CC)c1cc(C=C(O)C(=O)c2c(C(CC)CCC)c(C(CC)CCC)cc(C(CC)CCC)c2C(CC)CCC)c(C(CC)CCC)c(OC)c1. The van der Waals surface area contributed by atoms with E-state index in [9.17, 15) is 5.11 Å². The van der Waals surface area contributed by atoms with Crippen LogP contribution in [0.5, 0.6) is 5.75 Å². The van der Waals surface area contributed by atoms with Crippen LogP contribution >= 0.6 is 0 Å². The molecule has 6 atom stereocenters. The summed E-state index contributed by atoms with van der Waals surface area (Å²) in [5, 5.41) is 12.6. The van der Waals surface area contributed by atoms with Gasteiger partial charge >= 0.3 is 0 Å². The first kappa shape index (κ1) is 48.6. The highest BCUT2D eigenvalue weighted by molar-refractivity contribution is 6.12. The van der Waals surface area contributed by atoms with E-state index in [-0.39, 0.29) is 29.3 Å². The lowest BCUT2D eigenvalue weighted by atomic mass is 9.70. The van der Waals surface area contributed by atoms with Gasteiger partial charge in [-0.1, -0.05) is 134 Å². The van der Waals surface area contributed by atoms with Crippen LogP contribution in [0.15, 0.2) is 24.0 Å². The standard InChI is InChI=1S/C52H86O3/c1-14-26-36(20-7)42-32-43(48(47(34-42)55-13)39(23-10)29-17-4)33-46(53)52(54)51-49(40(24-11)30-18-5)44(37(21-8)27-15-2)35-45(38(22-9)28-16-3)50(51)41(25-12)31-19-6/h32-41,53H,14-31H2,1-13H3. The van der Waals surface area contributed by atoms with Gasteiger partial charge in [0.05, 0.1) is 7.11 Å². The molecule has 3 nitrogen and oxygen atoms in total. The number of carbonyl (C=O) groups excluding carboxylic acids is 1. The van der Waals surface area contributed by atoms with Crippen molar-refractivity contribution in [3.63, 3.8) is 0 Å². The minimum Gasteiger partial charge on any atom is -0.504 e. The number of carbonyl (C=O) groups is 1. The number of ether oxygens (including phenoxy) is 1. The molecule has 2 rings (SSSR count). The van der Waals surface area contributed by atoms with E-state index in [1.165, 1.54) is 27.8 Å². The predicted molar refractivity (Wildman–Crippen MR) is 242 cm³/mol. The maximum absolute atomic E-state index is 15.7. The van der Waals surface area contributed by atoms with Gasteiger partial charge < -0.3 is 9.84 Å². The summed E-state index contributed by atoms with van der Waals surface area (Å²) in [6, 6.07) is 7.14. The minimum absolute atomic E-state index is 0.120. The van der Waals surface area contributed by atoms with Gasteiger partial charge in [-0.2, -0.15) is 0 Å². The Morgan fingerprint density at radius 3 is 1.25 bits per heavy atom. The molecule has 6 unspecified atom stereocenters. The molecule has 0 bridgehead atoms. The van der Waals surface area contributed by atoms with E-state index in [1.807, 2.05) is 6.08 Å². The van der Waals surface area contributed by atoms with Crippen LogP contribution in [0.1, 0.15) is 283 Å². The molecule has 312 valence electrons. The largest absolute Gasteiger partial charge is 0.504 e. The number of benzene rings is 2. The summed E-state index contributed by atoms with van der Waals surface area (Å²) >= 11 is 0. The summed E-state index contributed by atoms with van der Waals surface area (Å²) < 4.78 is 6.20. The van der Waals surface area contributed by atoms with Crippen LogP contribution in [0.3, 0.4) is 0 Å². The molecule has 0 aromatic heterocycles. The second-order valence-corrected chi connectivity index (χ2v) is 16.7. The molecule has 0 aliphatic heterocycles. The predicted octanol–water partition coefficient (Wildman–Crippen LogP) is 17.2. The van der Waals surface area contributed by atoms with Crippen LogP contribution in [0, 0.1) is 0 Å². The van der Waals surface area contributed by atoms with Crippen molar-refractivity contribution in [2.45, 2.75) is 234 Å². The third-order valence-electron chi connectivity index (χ3n) is 13.0. The minimum atomic E-state index is -0.172. The van der Waals surface area contributed by atoms with Crippen LogP contribution in [0.25, 0.3) is 6.08 Å². The third kappa shape index (κ3) is 12.2. The fraction of sp³-hybridized carbons (Fsp3) is 0.712. The van der Waals surface area contributed by atoms with Crippen molar-refractivity contribution >= 4 is 11.9 Å². The molecule has 2 aromatic rings. The van der Waals surface area contributed by atoms with Crippen LogP contribution in [-0.2, 0) is 0 Å². The van der Waals surface area contributed by atoms with Gasteiger partial charge in [0.1, 0.15) is 5.75 Å². The summed E-state index contributed by atoms with van der Waals surface area (Å²) in [6.45, 7) is 27.5. The fourth-order valence-corrected chi connectivity index (χ4v) is 10.0. The Labute approximate surface area is 340 Å². The Morgan fingerprint density at radius 1 is 0.527 bits per heavy atom. The van der Waals surface area contributed by atoms with Gasteiger partial charge in [-0.3, -0.25) is 4.79 Å². The number of aliphatic hydroxyl groups excluding tert-OH is 1. The number of hydrogen-bond donors (Lipinski definition) is 1. The Kier molecular flexibility index (Phi) is 22.7. The Hall–Kier alpha value is -2.55. The number of Topliss-reactive ketones (excluding diaryl/α,β-unsaturated/α-hetero) is 1. The molecule has 0 fully saturated rings. The van der Waals surface area contributed by atoms with Crippen LogP contribution in [0.2, 0.25) is 0 Å². The maximum atomic E-state index is 15.7. The van der Waals surface area contributed by atoms with E-state index >= 15 is 4.79 Å². The summed E-state index contributed by atoms with van der Waals surface area (Å²) in [5.74, 6) is 2.58. The summed E-state index contributed by atoms with van der Waals surface area (Å²) in [6.07, 6.45) is 20.9. The zero-order valence-electron chi connectivity index (χ0n) is 38.3. The van der Waals surface area contributed by atoms with Crippen LogP contribution in [-0.4, -0.2) is 18.0 Å². The van der Waals surface area contributed by atoms with Crippen molar-refractivity contribution in [3.05, 3.63) is 68.5 Å². The molecular weight excluding hydrogens is 673 g/mol. The van der Waals surface area contributed by atoms with Crippen LogP contribution < -0.4 is 4.74 Å². The molecule has 0 amide bonds. The molecule has 0 spiro atoms. The van der Waals surface area contributed by atoms with Gasteiger partial charge in [0, 0.05) is 11.1 Å². The number of rotatable bonds is 28. The highest BCUT2D eigenvalue weighted by Crippen LogP contribution is 2.47. The number of ketones is 1. The molecule has 0 radical (unpaired) electrons. The lowest BCUT2D eigenvalue weighted by molar-refractivity contribution is 0.0977. The van der Waals surface area contributed by atoms with E-state index < -0.39 is 0 Å². The molecule has 55 heavy (non-hydrogen) atoms. The van der Waals surface area contributed by atoms with E-state index in [1.54, 1.807) is 7.11 Å². The zero-order valence-corrected chi connectivity index (χ0v) is 38.3. The van der Waals surface area contributed by atoms with Crippen molar-refractivity contribution in [1.82, 2.24) is 0 Å². The van der Waals surface area contributed by atoms with Crippen molar-refractivity contribution in [3.8, 4) is 5.75 Å². The highest BCUT2D eigenvalue weighted by Gasteiger charge is 2.34. The number of aliphatic hydroxyl groups is 1. The Balaban J connectivity index is 3.33. The zero-order chi connectivity index (χ0) is 41.1. The fourth-order valence-electron chi connectivity index (χ4n) is 10.0. The molecule has 1 N–H and O–H groups in total. The molecule has 2 aromatic carbocycles. The lowest BCUT2D eigenvalue weighted by Gasteiger charge is -2.34. The molecule has 0 saturated carbocycles. The van der Waals surface area contributed by atoms with Gasteiger partial charge in [-0.25, -0.2) is 0 Å².